The molecule has 0 aromatic rings. The summed E-state index contributed by atoms with van der Waals surface area (Å²) in [7, 11) is 0. The van der Waals surface area contributed by atoms with Gasteiger partial charge < -0.3 is 5.32 Å². The van der Waals surface area contributed by atoms with E-state index in [1.165, 1.54) is 19.3 Å². The number of thioether (sulfide) groups is 1. The van der Waals surface area contributed by atoms with Gasteiger partial charge in [-0.25, -0.2) is 0 Å². The second-order valence-corrected chi connectivity index (χ2v) is 7.03. The van der Waals surface area contributed by atoms with Gasteiger partial charge in [-0.15, -0.1) is 0 Å². The van der Waals surface area contributed by atoms with Gasteiger partial charge in [0.05, 0.1) is 0 Å². The lowest BCUT2D eigenvalue weighted by Gasteiger charge is -2.37. The first-order valence-electron chi connectivity index (χ1n) is 7.90. The summed E-state index contributed by atoms with van der Waals surface area (Å²) in [4.78, 5) is 0. The first-order valence-corrected chi connectivity index (χ1v) is 8.88. The lowest BCUT2D eigenvalue weighted by molar-refractivity contribution is -0.0328. The second kappa shape index (κ2) is 9.19. The monoisotopic (exact) mass is 311 g/mol. The van der Waals surface area contributed by atoms with Crippen molar-refractivity contribution in [3.63, 3.8) is 0 Å². The highest BCUT2D eigenvalue weighted by Crippen LogP contribution is 2.37. The topological polar surface area (TPSA) is 12.0 Å². The van der Waals surface area contributed by atoms with E-state index in [2.05, 4.69) is 19.2 Å². The molecule has 1 saturated carbocycles. The summed E-state index contributed by atoms with van der Waals surface area (Å²) in [5.74, 6) is 1.35. The van der Waals surface area contributed by atoms with E-state index in [-0.39, 0.29) is 17.5 Å². The first kappa shape index (κ1) is 18.1. The molecule has 1 aliphatic rings. The third kappa shape index (κ3) is 7.21. The SMILES string of the molecule is CCCNC1CCC(CCC)CC1CCSC(F)(F)F. The first-order chi connectivity index (χ1) is 9.46. The molecule has 0 radical (unpaired) electrons. The van der Waals surface area contributed by atoms with E-state index in [1.54, 1.807) is 0 Å². The van der Waals surface area contributed by atoms with E-state index >= 15 is 0 Å². The molecule has 1 nitrogen and oxygen atoms in total. The Morgan fingerprint density at radius 3 is 2.45 bits per heavy atom. The van der Waals surface area contributed by atoms with Gasteiger partial charge in [0.25, 0.3) is 0 Å². The Morgan fingerprint density at radius 2 is 1.85 bits per heavy atom. The number of rotatable bonds is 8. The standard InChI is InChI=1S/C15H28F3NS/c1-3-5-12-6-7-14(19-9-4-2)13(11-12)8-10-20-15(16,17)18/h12-14,19H,3-11H2,1-2H3. The molecule has 0 heterocycles. The van der Waals surface area contributed by atoms with Crippen molar-refractivity contribution in [1.29, 1.82) is 0 Å². The number of hydrogen-bond donors (Lipinski definition) is 1. The Hall–Kier alpha value is 0.100. The molecule has 3 atom stereocenters. The smallest absolute Gasteiger partial charge is 0.314 e. The zero-order valence-corrected chi connectivity index (χ0v) is 13.5. The van der Waals surface area contributed by atoms with Crippen LogP contribution in [-0.4, -0.2) is 23.8 Å². The molecule has 1 fully saturated rings. The Kier molecular flexibility index (Phi) is 8.34. The van der Waals surface area contributed by atoms with Crippen molar-refractivity contribution < 1.29 is 13.2 Å². The highest BCUT2D eigenvalue weighted by Gasteiger charge is 2.32. The van der Waals surface area contributed by atoms with Crippen LogP contribution in [0, 0.1) is 11.8 Å². The fourth-order valence-corrected chi connectivity index (χ4v) is 3.93. The Morgan fingerprint density at radius 1 is 1.10 bits per heavy atom. The predicted molar refractivity (Wildman–Crippen MR) is 81.0 cm³/mol. The molecule has 0 aromatic carbocycles. The van der Waals surface area contributed by atoms with Crippen LogP contribution in [0.2, 0.25) is 0 Å². The molecule has 0 aliphatic heterocycles. The normalized spacial score (nSPS) is 27.8. The van der Waals surface area contributed by atoms with Crippen LogP contribution < -0.4 is 5.32 Å². The maximum Gasteiger partial charge on any atom is 0.441 e. The number of halogens is 3. The van der Waals surface area contributed by atoms with Crippen LogP contribution in [0.15, 0.2) is 0 Å². The lowest BCUT2D eigenvalue weighted by atomic mass is 9.75. The minimum absolute atomic E-state index is 0.140. The zero-order valence-electron chi connectivity index (χ0n) is 12.6. The molecule has 1 aliphatic carbocycles. The second-order valence-electron chi connectivity index (χ2n) is 5.87. The molecule has 0 aromatic heterocycles. The van der Waals surface area contributed by atoms with Crippen molar-refractivity contribution in [2.45, 2.75) is 70.3 Å². The summed E-state index contributed by atoms with van der Waals surface area (Å²) in [5, 5.41) is 3.54. The summed E-state index contributed by atoms with van der Waals surface area (Å²) >= 11 is 0.140. The number of hydrogen-bond acceptors (Lipinski definition) is 2. The van der Waals surface area contributed by atoms with Crippen molar-refractivity contribution in [3.8, 4) is 0 Å². The Labute approximate surface area is 125 Å². The van der Waals surface area contributed by atoms with Gasteiger partial charge >= 0.3 is 5.51 Å². The molecule has 120 valence electrons. The lowest BCUT2D eigenvalue weighted by Crippen LogP contribution is -2.41. The highest BCUT2D eigenvalue weighted by atomic mass is 32.2. The molecule has 3 unspecified atom stereocenters. The molecule has 0 bridgehead atoms. The highest BCUT2D eigenvalue weighted by molar-refractivity contribution is 8.00. The van der Waals surface area contributed by atoms with E-state index in [0.717, 1.165) is 31.7 Å². The minimum atomic E-state index is -4.08. The molecule has 0 amide bonds. The van der Waals surface area contributed by atoms with Crippen LogP contribution in [0.3, 0.4) is 0 Å². The van der Waals surface area contributed by atoms with E-state index in [9.17, 15) is 13.2 Å². The van der Waals surface area contributed by atoms with Crippen LogP contribution in [-0.2, 0) is 0 Å². The molecular formula is C15H28F3NS. The fraction of sp³-hybridized carbons (Fsp3) is 1.00. The third-order valence-corrected chi connectivity index (χ3v) is 4.97. The number of nitrogens with one attached hydrogen (secondary N) is 1. The molecule has 1 N–H and O–H groups in total. The van der Waals surface area contributed by atoms with Crippen LogP contribution >= 0.6 is 11.8 Å². The molecule has 20 heavy (non-hydrogen) atoms. The summed E-state index contributed by atoms with van der Waals surface area (Å²) < 4.78 is 36.8. The number of alkyl halides is 3. The van der Waals surface area contributed by atoms with Crippen LogP contribution in [0.25, 0.3) is 0 Å². The molecule has 1 rings (SSSR count). The van der Waals surface area contributed by atoms with Crippen molar-refractivity contribution in [2.24, 2.45) is 11.8 Å². The average Bonchev–Trinajstić information content (AvgIpc) is 2.37. The van der Waals surface area contributed by atoms with Crippen molar-refractivity contribution in [2.75, 3.05) is 12.3 Å². The van der Waals surface area contributed by atoms with E-state index in [0.29, 0.717) is 18.4 Å². The minimum Gasteiger partial charge on any atom is -0.314 e. The van der Waals surface area contributed by atoms with Crippen LogP contribution in [0.5, 0.6) is 0 Å². The van der Waals surface area contributed by atoms with Gasteiger partial charge in [0.2, 0.25) is 0 Å². The van der Waals surface area contributed by atoms with Crippen molar-refractivity contribution in [1.82, 2.24) is 5.32 Å². The van der Waals surface area contributed by atoms with Gasteiger partial charge in [-0.05, 0) is 50.5 Å². The van der Waals surface area contributed by atoms with Crippen molar-refractivity contribution >= 4 is 11.8 Å². The van der Waals surface area contributed by atoms with Gasteiger partial charge in [0, 0.05) is 11.8 Å². The molecule has 0 spiro atoms. The quantitative estimate of drug-likeness (QED) is 0.660. The zero-order chi connectivity index (χ0) is 15.0. The fourth-order valence-electron chi connectivity index (χ4n) is 3.28. The molecular weight excluding hydrogens is 283 g/mol. The van der Waals surface area contributed by atoms with E-state index in [1.807, 2.05) is 0 Å². The maximum absolute atomic E-state index is 12.3. The third-order valence-electron chi connectivity index (χ3n) is 4.20. The van der Waals surface area contributed by atoms with E-state index in [4.69, 9.17) is 0 Å². The van der Waals surface area contributed by atoms with Crippen LogP contribution in [0.4, 0.5) is 13.2 Å². The van der Waals surface area contributed by atoms with Gasteiger partial charge in [0.1, 0.15) is 0 Å². The Bertz CT molecular complexity index is 258. The largest absolute Gasteiger partial charge is 0.441 e. The average molecular weight is 311 g/mol. The predicted octanol–water partition coefficient (Wildman–Crippen LogP) is 5.21. The molecule has 0 saturated heterocycles. The summed E-state index contributed by atoms with van der Waals surface area (Å²) in [6.45, 7) is 5.30. The van der Waals surface area contributed by atoms with Crippen LogP contribution in [0.1, 0.15) is 58.8 Å². The van der Waals surface area contributed by atoms with Gasteiger partial charge in [-0.1, -0.05) is 38.5 Å². The van der Waals surface area contributed by atoms with Gasteiger partial charge in [0.15, 0.2) is 0 Å². The van der Waals surface area contributed by atoms with E-state index < -0.39 is 5.51 Å². The van der Waals surface area contributed by atoms with Crippen molar-refractivity contribution in [3.05, 3.63) is 0 Å². The Balaban J connectivity index is 2.43. The maximum atomic E-state index is 12.3. The summed E-state index contributed by atoms with van der Waals surface area (Å²) in [6.07, 6.45) is 7.65. The summed E-state index contributed by atoms with van der Waals surface area (Å²) in [5.41, 5.74) is -4.08. The van der Waals surface area contributed by atoms with Gasteiger partial charge in [-0.2, -0.15) is 13.2 Å². The molecule has 5 heteroatoms. The summed E-state index contributed by atoms with van der Waals surface area (Å²) in [6, 6.07) is 0.428. The van der Waals surface area contributed by atoms with Gasteiger partial charge in [-0.3, -0.25) is 0 Å².